The van der Waals surface area contributed by atoms with E-state index in [1.54, 1.807) is 0 Å². The van der Waals surface area contributed by atoms with Gasteiger partial charge in [0.1, 0.15) is 0 Å². The Morgan fingerprint density at radius 2 is 1.07 bits per heavy atom. The molecule has 9 aromatic rings. The Labute approximate surface area is 331 Å². The zero-order valence-corrected chi connectivity index (χ0v) is 31.4. The van der Waals surface area contributed by atoms with Gasteiger partial charge in [0, 0.05) is 27.5 Å². The predicted molar refractivity (Wildman–Crippen MR) is 234 cm³/mol. The van der Waals surface area contributed by atoms with Gasteiger partial charge in [0.25, 0.3) is 0 Å². The lowest BCUT2D eigenvalue weighted by atomic mass is 9.64. The summed E-state index contributed by atoms with van der Waals surface area (Å²) in [5.74, 6) is 1.92. The minimum absolute atomic E-state index is 0.507. The molecule has 7 aromatic carbocycles. The summed E-state index contributed by atoms with van der Waals surface area (Å²) in [7, 11) is 0. The minimum atomic E-state index is -0.507. The Balaban J connectivity index is 1.01. The van der Waals surface area contributed by atoms with E-state index in [1.807, 2.05) is 60.7 Å². The lowest BCUT2D eigenvalue weighted by Crippen LogP contribution is -2.34. The first-order valence-corrected chi connectivity index (χ1v) is 19.4. The number of aromatic nitrogens is 4. The van der Waals surface area contributed by atoms with Gasteiger partial charge in [0.05, 0.1) is 22.1 Å². The highest BCUT2D eigenvalue weighted by molar-refractivity contribution is 6.12. The van der Waals surface area contributed by atoms with Crippen LogP contribution in [-0.2, 0) is 5.41 Å². The van der Waals surface area contributed by atoms with Crippen molar-refractivity contribution in [3.63, 3.8) is 0 Å². The fourth-order valence-electron chi connectivity index (χ4n) is 9.29. The Kier molecular flexibility index (Phi) is 7.42. The molecule has 4 heteroatoms. The molecule has 57 heavy (non-hydrogen) atoms. The second-order valence-electron chi connectivity index (χ2n) is 14.9. The van der Waals surface area contributed by atoms with E-state index >= 15 is 0 Å². The maximum atomic E-state index is 4.94. The van der Waals surface area contributed by atoms with Crippen molar-refractivity contribution in [3.8, 4) is 39.9 Å². The van der Waals surface area contributed by atoms with Crippen LogP contribution in [-0.4, -0.2) is 19.5 Å². The lowest BCUT2D eigenvalue weighted by Gasteiger charge is -2.40. The van der Waals surface area contributed by atoms with Crippen molar-refractivity contribution >= 4 is 33.0 Å². The first-order valence-electron chi connectivity index (χ1n) is 19.4. The van der Waals surface area contributed by atoms with Crippen LogP contribution in [0.2, 0.25) is 0 Å². The normalized spacial score (nSPS) is 15.5. The number of rotatable bonds is 6. The molecular weight excluding hydrogens is 693 g/mol. The number of para-hydroxylation sites is 3. The molecule has 268 valence electrons. The van der Waals surface area contributed by atoms with Crippen LogP contribution < -0.4 is 0 Å². The minimum Gasteiger partial charge on any atom is -0.309 e. The third kappa shape index (κ3) is 4.90. The van der Waals surface area contributed by atoms with Crippen molar-refractivity contribution in [2.24, 2.45) is 0 Å². The zero-order chi connectivity index (χ0) is 38.1. The molecular formula is C53H36N4. The van der Waals surface area contributed by atoms with Crippen molar-refractivity contribution < 1.29 is 0 Å². The van der Waals surface area contributed by atoms with Gasteiger partial charge in [-0.05, 0) is 63.6 Å². The van der Waals surface area contributed by atoms with Crippen molar-refractivity contribution in [3.05, 3.63) is 228 Å². The molecule has 1 unspecified atom stereocenters. The number of nitrogens with zero attached hydrogens (tertiary/aromatic N) is 4. The summed E-state index contributed by atoms with van der Waals surface area (Å²) in [6.07, 6.45) is 4.52. The molecule has 0 N–H and O–H groups in total. The summed E-state index contributed by atoms with van der Waals surface area (Å²) < 4.78 is 2.48. The molecule has 3 heterocycles. The smallest absolute Gasteiger partial charge is 0.164 e. The molecule has 4 nitrogen and oxygen atoms in total. The van der Waals surface area contributed by atoms with Gasteiger partial charge in [-0.1, -0.05) is 183 Å². The summed E-state index contributed by atoms with van der Waals surface area (Å²) in [6, 6.07) is 62.1. The first kappa shape index (κ1) is 33.0. The summed E-state index contributed by atoms with van der Waals surface area (Å²) in [4.78, 5) is 14.7. The number of hydrogen-bond acceptors (Lipinski definition) is 3. The van der Waals surface area contributed by atoms with E-state index in [9.17, 15) is 0 Å². The van der Waals surface area contributed by atoms with Gasteiger partial charge in [0.15, 0.2) is 17.5 Å². The van der Waals surface area contributed by atoms with Crippen LogP contribution in [0.4, 0.5) is 0 Å². The molecule has 0 bridgehead atoms. The summed E-state index contributed by atoms with van der Waals surface area (Å²) >= 11 is 0. The topological polar surface area (TPSA) is 43.6 Å². The predicted octanol–water partition coefficient (Wildman–Crippen LogP) is 12.7. The molecule has 1 spiro atoms. The van der Waals surface area contributed by atoms with Gasteiger partial charge >= 0.3 is 0 Å². The van der Waals surface area contributed by atoms with Crippen molar-refractivity contribution in [1.82, 2.24) is 19.5 Å². The van der Waals surface area contributed by atoms with E-state index in [0.29, 0.717) is 17.5 Å². The molecule has 1 aliphatic carbocycles. The van der Waals surface area contributed by atoms with E-state index in [0.717, 1.165) is 27.8 Å². The highest BCUT2D eigenvalue weighted by Gasteiger charge is 2.50. The standard InChI is InChI=1S/C53H36N4/c1-34(36-29-31-39(32-30-36)52-55-50(37-16-5-3-6-17-37)54-51(56-52)38-18-7-4-8-19-38)28-33-43-35(2)40-20-9-11-23-44(40)53(43)45-24-12-14-27-48(45)57-47-26-13-10-21-41(47)42-22-15-25-46(53)49(42)57/h3-33H,1H2,2H3/b33-28-. The highest BCUT2D eigenvalue weighted by Crippen LogP contribution is 2.60. The van der Waals surface area contributed by atoms with Crippen LogP contribution in [0.3, 0.4) is 0 Å². The number of fused-ring (bicyclic) bond motifs is 9. The van der Waals surface area contributed by atoms with E-state index in [-0.39, 0.29) is 0 Å². The second kappa shape index (κ2) is 12.8. The summed E-state index contributed by atoms with van der Waals surface area (Å²) in [6.45, 7) is 6.87. The summed E-state index contributed by atoms with van der Waals surface area (Å²) in [5, 5.41) is 2.55. The molecule has 2 aromatic heterocycles. The summed E-state index contributed by atoms with van der Waals surface area (Å²) in [5.41, 5.74) is 15.7. The molecule has 1 atom stereocenters. The molecule has 0 fully saturated rings. The molecule has 1 aliphatic heterocycles. The van der Waals surface area contributed by atoms with Crippen LogP contribution in [0, 0.1) is 0 Å². The molecule has 0 saturated carbocycles. The van der Waals surface area contributed by atoms with Crippen LogP contribution in [0.15, 0.2) is 200 Å². The molecule has 0 saturated heterocycles. The average Bonchev–Trinajstić information content (AvgIpc) is 3.75. The first-order chi connectivity index (χ1) is 28.1. The van der Waals surface area contributed by atoms with Gasteiger partial charge in [-0.15, -0.1) is 0 Å². The molecule has 0 amide bonds. The number of hydrogen-bond donors (Lipinski definition) is 0. The maximum Gasteiger partial charge on any atom is 0.164 e. The third-order valence-electron chi connectivity index (χ3n) is 11.9. The molecule has 0 radical (unpaired) electrons. The third-order valence-corrected chi connectivity index (χ3v) is 11.9. The Morgan fingerprint density at radius 3 is 1.77 bits per heavy atom. The van der Waals surface area contributed by atoms with Crippen molar-refractivity contribution in [2.75, 3.05) is 0 Å². The van der Waals surface area contributed by atoms with E-state index in [2.05, 4.69) is 145 Å². The van der Waals surface area contributed by atoms with Crippen molar-refractivity contribution in [1.29, 1.82) is 0 Å². The number of benzene rings is 7. The van der Waals surface area contributed by atoms with Crippen LogP contribution in [0.1, 0.15) is 34.7 Å². The average molecular weight is 729 g/mol. The lowest BCUT2D eigenvalue weighted by molar-refractivity contribution is 0.742. The van der Waals surface area contributed by atoms with Crippen LogP contribution in [0.25, 0.3) is 72.8 Å². The maximum absolute atomic E-state index is 4.94. The van der Waals surface area contributed by atoms with Gasteiger partial charge in [-0.2, -0.15) is 0 Å². The van der Waals surface area contributed by atoms with Gasteiger partial charge in [0.2, 0.25) is 0 Å². The van der Waals surface area contributed by atoms with Crippen LogP contribution in [0.5, 0.6) is 0 Å². The Hall–Kier alpha value is -7.43. The van der Waals surface area contributed by atoms with E-state index < -0.39 is 5.41 Å². The Bertz CT molecular complexity index is 3080. The fourth-order valence-corrected chi connectivity index (χ4v) is 9.29. The van der Waals surface area contributed by atoms with E-state index in [4.69, 9.17) is 15.0 Å². The highest BCUT2D eigenvalue weighted by atomic mass is 15.0. The largest absolute Gasteiger partial charge is 0.309 e. The van der Waals surface area contributed by atoms with Gasteiger partial charge < -0.3 is 4.57 Å². The SMILES string of the molecule is C=C(/C=C\C1=C(C)c2ccccc2C12c1ccccc1-n1c3ccccc3c3cccc2c31)c1ccc(-c2nc(-c3ccccc3)nc(-c3ccccc3)n2)cc1. The zero-order valence-electron chi connectivity index (χ0n) is 31.4. The van der Waals surface area contributed by atoms with Crippen molar-refractivity contribution in [2.45, 2.75) is 12.3 Å². The van der Waals surface area contributed by atoms with Gasteiger partial charge in [-0.25, -0.2) is 15.0 Å². The van der Waals surface area contributed by atoms with Gasteiger partial charge in [-0.3, -0.25) is 0 Å². The van der Waals surface area contributed by atoms with E-state index in [1.165, 1.54) is 60.9 Å². The fraction of sp³-hybridized carbons (Fsp3) is 0.0377. The molecule has 2 aliphatic rings. The quantitative estimate of drug-likeness (QED) is 0.160. The second-order valence-corrected chi connectivity index (χ2v) is 14.9. The molecule has 11 rings (SSSR count). The Morgan fingerprint density at radius 1 is 0.526 bits per heavy atom. The number of allylic oxidation sites excluding steroid dienone is 5. The van der Waals surface area contributed by atoms with Crippen LogP contribution >= 0.6 is 0 Å². The monoisotopic (exact) mass is 728 g/mol.